The first-order valence-corrected chi connectivity index (χ1v) is 10.8. The lowest BCUT2D eigenvalue weighted by Gasteiger charge is -2.36. The van der Waals surface area contributed by atoms with Crippen molar-refractivity contribution in [2.24, 2.45) is 10.9 Å². The molecule has 1 aromatic heterocycles. The number of carbonyl (C=O) groups excluding carboxylic acids is 1. The summed E-state index contributed by atoms with van der Waals surface area (Å²) < 4.78 is 0. The predicted octanol–water partition coefficient (Wildman–Crippen LogP) is 2.22. The van der Waals surface area contributed by atoms with E-state index in [4.69, 9.17) is 4.99 Å². The highest BCUT2D eigenvalue weighted by Crippen LogP contribution is 2.24. The van der Waals surface area contributed by atoms with Crippen LogP contribution in [0.15, 0.2) is 10.5 Å². The van der Waals surface area contributed by atoms with Crippen LogP contribution in [0.3, 0.4) is 0 Å². The van der Waals surface area contributed by atoms with Gasteiger partial charge in [0.25, 0.3) is 5.91 Å². The molecule has 1 atom stereocenters. The third kappa shape index (κ3) is 5.88. The van der Waals surface area contributed by atoms with Crippen LogP contribution in [0.4, 0.5) is 0 Å². The van der Waals surface area contributed by atoms with E-state index in [2.05, 4.69) is 53.1 Å². The van der Waals surface area contributed by atoms with Gasteiger partial charge in [-0.3, -0.25) is 9.79 Å². The quantitative estimate of drug-likeness (QED) is 0.448. The summed E-state index contributed by atoms with van der Waals surface area (Å²) >= 11 is 3.43. The Morgan fingerprint density at radius 2 is 2.28 bits per heavy atom. The van der Waals surface area contributed by atoms with Gasteiger partial charge in [-0.05, 0) is 19.8 Å². The van der Waals surface area contributed by atoms with Gasteiger partial charge < -0.3 is 15.5 Å². The standard InChI is InChI=1S/C17H29N5OS2/c1-5-18-17(22-8-9-24-14(10-22)12(2)3)20-7-6-19-16(23)15-13(4)21-11-25-15/h11-12,14H,5-10H2,1-4H3,(H,18,20)(H,19,23). The Morgan fingerprint density at radius 3 is 2.92 bits per heavy atom. The van der Waals surface area contributed by atoms with Crippen molar-refractivity contribution in [3.8, 4) is 0 Å². The molecule has 2 heterocycles. The molecule has 0 aliphatic carbocycles. The second-order valence-corrected chi connectivity index (χ2v) is 8.56. The summed E-state index contributed by atoms with van der Waals surface area (Å²) in [5.74, 6) is 2.69. The molecule has 0 saturated carbocycles. The molecule has 1 aliphatic rings. The van der Waals surface area contributed by atoms with Crippen molar-refractivity contribution >= 4 is 35.0 Å². The first-order valence-electron chi connectivity index (χ1n) is 8.86. The molecule has 1 saturated heterocycles. The number of hydrogen-bond acceptors (Lipinski definition) is 5. The third-order valence-electron chi connectivity index (χ3n) is 4.08. The highest BCUT2D eigenvalue weighted by Gasteiger charge is 2.24. The number of thiazole rings is 1. The average Bonchev–Trinajstić information content (AvgIpc) is 3.03. The highest BCUT2D eigenvalue weighted by atomic mass is 32.2. The summed E-state index contributed by atoms with van der Waals surface area (Å²) in [6.45, 7) is 12.5. The molecule has 6 nitrogen and oxygen atoms in total. The summed E-state index contributed by atoms with van der Waals surface area (Å²) in [6.07, 6.45) is 0. The molecule has 1 unspecified atom stereocenters. The molecule has 1 fully saturated rings. The van der Waals surface area contributed by atoms with Gasteiger partial charge in [0.2, 0.25) is 0 Å². The maximum atomic E-state index is 12.1. The summed E-state index contributed by atoms with van der Waals surface area (Å²) in [5, 5.41) is 6.95. The molecule has 0 bridgehead atoms. The summed E-state index contributed by atoms with van der Waals surface area (Å²) in [5.41, 5.74) is 2.48. The average molecular weight is 384 g/mol. The van der Waals surface area contributed by atoms with Crippen LogP contribution in [0.25, 0.3) is 0 Å². The van der Waals surface area contributed by atoms with Gasteiger partial charge >= 0.3 is 0 Å². The Balaban J connectivity index is 1.87. The van der Waals surface area contributed by atoms with Crippen LogP contribution in [0, 0.1) is 12.8 Å². The fourth-order valence-electron chi connectivity index (χ4n) is 2.63. The van der Waals surface area contributed by atoms with E-state index in [1.165, 1.54) is 11.3 Å². The van der Waals surface area contributed by atoms with Crippen LogP contribution in [0.5, 0.6) is 0 Å². The molecule has 0 spiro atoms. The molecule has 1 aliphatic heterocycles. The van der Waals surface area contributed by atoms with E-state index in [9.17, 15) is 4.79 Å². The van der Waals surface area contributed by atoms with E-state index in [0.717, 1.165) is 37.0 Å². The van der Waals surface area contributed by atoms with Crippen molar-refractivity contribution in [2.75, 3.05) is 38.5 Å². The third-order valence-corrected chi connectivity index (χ3v) is 6.55. The topological polar surface area (TPSA) is 69.6 Å². The molecule has 0 aromatic carbocycles. The summed E-state index contributed by atoms with van der Waals surface area (Å²) in [7, 11) is 0. The maximum absolute atomic E-state index is 12.1. The zero-order chi connectivity index (χ0) is 18.2. The van der Waals surface area contributed by atoms with E-state index >= 15 is 0 Å². The SMILES string of the molecule is CCNC(=NCCNC(=O)c1scnc1C)N1CCSC(C(C)C)C1. The second kappa shape index (κ2) is 10.0. The van der Waals surface area contributed by atoms with Gasteiger partial charge in [0, 0.05) is 37.2 Å². The van der Waals surface area contributed by atoms with E-state index in [-0.39, 0.29) is 5.91 Å². The first kappa shape index (κ1) is 20.0. The first-order chi connectivity index (χ1) is 12.0. The van der Waals surface area contributed by atoms with Crippen LogP contribution in [0.1, 0.15) is 36.1 Å². The van der Waals surface area contributed by atoms with Crippen molar-refractivity contribution < 1.29 is 4.79 Å². The Bertz CT molecular complexity index is 587. The van der Waals surface area contributed by atoms with Gasteiger partial charge in [-0.25, -0.2) is 4.98 Å². The largest absolute Gasteiger partial charge is 0.357 e. The van der Waals surface area contributed by atoms with Crippen molar-refractivity contribution in [2.45, 2.75) is 32.9 Å². The van der Waals surface area contributed by atoms with Crippen molar-refractivity contribution in [1.82, 2.24) is 20.5 Å². The van der Waals surface area contributed by atoms with Crippen LogP contribution in [0.2, 0.25) is 0 Å². The lowest BCUT2D eigenvalue weighted by Crippen LogP contribution is -2.49. The van der Waals surface area contributed by atoms with Gasteiger partial charge in [-0.1, -0.05) is 13.8 Å². The van der Waals surface area contributed by atoms with Gasteiger partial charge in [-0.2, -0.15) is 11.8 Å². The van der Waals surface area contributed by atoms with Crippen LogP contribution in [-0.4, -0.2) is 65.5 Å². The number of rotatable bonds is 6. The minimum atomic E-state index is -0.0607. The number of thioether (sulfide) groups is 1. The molecular formula is C17H29N5OS2. The number of aryl methyl sites for hydroxylation is 1. The van der Waals surface area contributed by atoms with Gasteiger partial charge in [0.1, 0.15) is 4.88 Å². The number of guanidine groups is 1. The molecular weight excluding hydrogens is 354 g/mol. The number of carbonyl (C=O) groups is 1. The number of nitrogens with one attached hydrogen (secondary N) is 2. The van der Waals surface area contributed by atoms with E-state index in [1.807, 2.05) is 6.92 Å². The minimum Gasteiger partial charge on any atom is -0.357 e. The molecule has 8 heteroatoms. The predicted molar refractivity (Wildman–Crippen MR) is 108 cm³/mol. The monoisotopic (exact) mass is 383 g/mol. The molecule has 2 N–H and O–H groups in total. The minimum absolute atomic E-state index is 0.0607. The lowest BCUT2D eigenvalue weighted by atomic mass is 10.1. The summed E-state index contributed by atoms with van der Waals surface area (Å²) in [4.78, 5) is 23.9. The number of nitrogens with zero attached hydrogens (tertiary/aromatic N) is 3. The zero-order valence-electron chi connectivity index (χ0n) is 15.5. The smallest absolute Gasteiger partial charge is 0.263 e. The Morgan fingerprint density at radius 1 is 1.48 bits per heavy atom. The lowest BCUT2D eigenvalue weighted by molar-refractivity contribution is 0.0958. The normalized spacial score (nSPS) is 18.5. The molecule has 1 aromatic rings. The maximum Gasteiger partial charge on any atom is 0.263 e. The fraction of sp³-hybridized carbons (Fsp3) is 0.706. The van der Waals surface area contributed by atoms with Crippen LogP contribution >= 0.6 is 23.1 Å². The van der Waals surface area contributed by atoms with E-state index in [1.54, 1.807) is 5.51 Å². The Kier molecular flexibility index (Phi) is 8.02. The molecule has 0 radical (unpaired) electrons. The number of aromatic nitrogens is 1. The number of hydrogen-bond donors (Lipinski definition) is 2. The Labute approximate surface area is 158 Å². The van der Waals surface area contributed by atoms with Crippen molar-refractivity contribution in [3.05, 3.63) is 16.1 Å². The number of aliphatic imine (C=N–C) groups is 1. The second-order valence-electron chi connectivity index (χ2n) is 6.36. The van der Waals surface area contributed by atoms with Gasteiger partial charge in [0.15, 0.2) is 5.96 Å². The highest BCUT2D eigenvalue weighted by molar-refractivity contribution is 8.00. The molecule has 25 heavy (non-hydrogen) atoms. The van der Waals surface area contributed by atoms with Gasteiger partial charge in [0.05, 0.1) is 17.7 Å². The van der Waals surface area contributed by atoms with E-state index in [0.29, 0.717) is 29.1 Å². The van der Waals surface area contributed by atoms with Crippen LogP contribution in [-0.2, 0) is 0 Å². The van der Waals surface area contributed by atoms with E-state index < -0.39 is 0 Å². The Hall–Kier alpha value is -1.28. The molecule has 1 amide bonds. The number of amides is 1. The molecule has 2 rings (SSSR count). The van der Waals surface area contributed by atoms with Crippen molar-refractivity contribution in [1.29, 1.82) is 0 Å². The fourth-order valence-corrected chi connectivity index (χ4v) is 4.65. The van der Waals surface area contributed by atoms with Crippen LogP contribution < -0.4 is 10.6 Å². The summed E-state index contributed by atoms with van der Waals surface area (Å²) in [6, 6.07) is 0. The van der Waals surface area contributed by atoms with Gasteiger partial charge in [-0.15, -0.1) is 11.3 Å². The zero-order valence-corrected chi connectivity index (χ0v) is 17.2. The van der Waals surface area contributed by atoms with Crippen molar-refractivity contribution in [3.63, 3.8) is 0 Å². The molecule has 140 valence electrons.